The van der Waals surface area contributed by atoms with Crippen molar-refractivity contribution >= 4 is 22.8 Å². The number of nitrogens with zero attached hydrogens (tertiary/aromatic N) is 3. The molecule has 1 aromatic carbocycles. The SMILES string of the molecule is COCC(=O)N1CC[C@H](NC(=O)c2c(C)[nH]c3c(-c4cc(C)ccc4OCC4CC4)ncnc23)[C@@H](F)C1. The lowest BCUT2D eigenvalue weighted by Gasteiger charge is -2.35. The highest BCUT2D eigenvalue weighted by molar-refractivity contribution is 6.09. The van der Waals surface area contributed by atoms with Crippen molar-refractivity contribution in [3.8, 4) is 17.0 Å². The molecular formula is C27H32FN5O4. The number of benzene rings is 1. The Morgan fingerprint density at radius 2 is 2.03 bits per heavy atom. The minimum Gasteiger partial charge on any atom is -0.493 e. The molecule has 0 unspecified atom stereocenters. The number of alkyl halides is 1. The molecule has 2 atom stereocenters. The predicted octanol–water partition coefficient (Wildman–Crippen LogP) is 3.35. The van der Waals surface area contributed by atoms with Crippen molar-refractivity contribution in [1.82, 2.24) is 25.2 Å². The smallest absolute Gasteiger partial charge is 0.255 e. The van der Waals surface area contributed by atoms with E-state index in [4.69, 9.17) is 9.47 Å². The molecule has 1 saturated carbocycles. The quantitative estimate of drug-likeness (QED) is 0.482. The Morgan fingerprint density at radius 3 is 2.76 bits per heavy atom. The van der Waals surface area contributed by atoms with Gasteiger partial charge >= 0.3 is 0 Å². The van der Waals surface area contributed by atoms with Crippen molar-refractivity contribution < 1.29 is 23.5 Å². The van der Waals surface area contributed by atoms with Gasteiger partial charge in [-0.1, -0.05) is 11.6 Å². The van der Waals surface area contributed by atoms with E-state index in [-0.39, 0.29) is 19.1 Å². The van der Waals surface area contributed by atoms with Crippen LogP contribution in [-0.4, -0.2) is 77.3 Å². The van der Waals surface area contributed by atoms with Crippen molar-refractivity contribution in [2.75, 3.05) is 33.4 Å². The maximum absolute atomic E-state index is 14.9. The molecule has 1 aliphatic heterocycles. The van der Waals surface area contributed by atoms with Gasteiger partial charge in [0.05, 0.1) is 30.3 Å². The number of carbonyl (C=O) groups excluding carboxylic acids is 2. The molecular weight excluding hydrogens is 477 g/mol. The number of hydrogen-bond donors (Lipinski definition) is 2. The van der Waals surface area contributed by atoms with Crippen LogP contribution < -0.4 is 10.1 Å². The molecule has 37 heavy (non-hydrogen) atoms. The molecule has 2 amide bonds. The Hall–Kier alpha value is -3.53. The van der Waals surface area contributed by atoms with Crippen LogP contribution in [0.1, 0.15) is 40.9 Å². The number of H-pyrrole nitrogens is 1. The lowest BCUT2D eigenvalue weighted by atomic mass is 10.0. The molecule has 3 heterocycles. The van der Waals surface area contributed by atoms with Gasteiger partial charge in [-0.2, -0.15) is 0 Å². The summed E-state index contributed by atoms with van der Waals surface area (Å²) in [6, 6.07) is 5.27. The van der Waals surface area contributed by atoms with E-state index >= 15 is 0 Å². The van der Waals surface area contributed by atoms with Gasteiger partial charge in [-0.25, -0.2) is 14.4 Å². The zero-order valence-electron chi connectivity index (χ0n) is 21.3. The van der Waals surface area contributed by atoms with Crippen LogP contribution in [0.2, 0.25) is 0 Å². The van der Waals surface area contributed by atoms with E-state index in [9.17, 15) is 14.0 Å². The molecule has 2 N–H and O–H groups in total. The van der Waals surface area contributed by atoms with Gasteiger partial charge in [0.2, 0.25) is 5.91 Å². The highest BCUT2D eigenvalue weighted by atomic mass is 19.1. The fourth-order valence-electron chi connectivity index (χ4n) is 4.80. The number of methoxy groups -OCH3 is 1. The first-order valence-corrected chi connectivity index (χ1v) is 12.6. The Balaban J connectivity index is 1.40. The fraction of sp³-hybridized carbons (Fsp3) is 0.481. The number of aryl methyl sites for hydroxylation is 2. The maximum Gasteiger partial charge on any atom is 0.255 e. The van der Waals surface area contributed by atoms with Gasteiger partial charge in [-0.05, 0) is 51.2 Å². The van der Waals surface area contributed by atoms with Crippen LogP contribution in [0.25, 0.3) is 22.3 Å². The normalized spacial score (nSPS) is 19.7. The second kappa shape index (κ2) is 10.5. The largest absolute Gasteiger partial charge is 0.493 e. The average molecular weight is 510 g/mol. The minimum atomic E-state index is -1.38. The van der Waals surface area contributed by atoms with Gasteiger partial charge in [-0.3, -0.25) is 9.59 Å². The number of amides is 2. The van der Waals surface area contributed by atoms with Crippen molar-refractivity contribution in [2.45, 2.75) is 45.3 Å². The average Bonchev–Trinajstić information content (AvgIpc) is 3.64. The lowest BCUT2D eigenvalue weighted by molar-refractivity contribution is -0.137. The maximum atomic E-state index is 14.9. The fourth-order valence-corrected chi connectivity index (χ4v) is 4.80. The third-order valence-electron chi connectivity index (χ3n) is 7.04. The van der Waals surface area contributed by atoms with E-state index in [0.29, 0.717) is 53.5 Å². The number of hydrogen-bond acceptors (Lipinski definition) is 6. The number of halogens is 1. The summed E-state index contributed by atoms with van der Waals surface area (Å²) in [6.07, 6.45) is 2.75. The highest BCUT2D eigenvalue weighted by Crippen LogP contribution is 2.37. The Kier molecular flexibility index (Phi) is 7.10. The zero-order chi connectivity index (χ0) is 26.1. The Labute approximate surface area is 214 Å². The summed E-state index contributed by atoms with van der Waals surface area (Å²) in [6.45, 7) is 4.65. The molecule has 5 rings (SSSR count). The topological polar surface area (TPSA) is 109 Å². The first-order chi connectivity index (χ1) is 17.9. The third-order valence-corrected chi connectivity index (χ3v) is 7.04. The number of fused-ring (bicyclic) bond motifs is 1. The number of ether oxygens (including phenoxy) is 2. The van der Waals surface area contributed by atoms with Gasteiger partial charge in [0.15, 0.2) is 0 Å². The Morgan fingerprint density at radius 1 is 1.22 bits per heavy atom. The second-order valence-corrected chi connectivity index (χ2v) is 9.98. The molecule has 9 nitrogen and oxygen atoms in total. The predicted molar refractivity (Wildman–Crippen MR) is 136 cm³/mol. The molecule has 2 fully saturated rings. The molecule has 3 aromatic rings. The molecule has 2 aliphatic rings. The molecule has 0 bridgehead atoms. The van der Waals surface area contributed by atoms with Crippen LogP contribution in [0, 0.1) is 19.8 Å². The highest BCUT2D eigenvalue weighted by Gasteiger charge is 2.33. The van der Waals surface area contributed by atoms with Crippen LogP contribution in [0.15, 0.2) is 24.5 Å². The van der Waals surface area contributed by atoms with Crippen molar-refractivity contribution in [1.29, 1.82) is 0 Å². The standard InChI is InChI=1S/C27H32FN5O4/c1-15-4-7-21(37-12-17-5-6-17)18(10-15)24-26-25(30-14-29-24)23(16(2)31-26)27(35)32-20-8-9-33(11-19(20)28)22(34)13-36-3/h4,7,10,14,17,19-20,31H,5-6,8-9,11-13H2,1-3H3,(H,32,35)/t19-,20-/m0/s1. The monoisotopic (exact) mass is 509 g/mol. The van der Waals surface area contributed by atoms with Gasteiger partial charge in [-0.15, -0.1) is 0 Å². The van der Waals surface area contributed by atoms with E-state index in [2.05, 4.69) is 20.3 Å². The van der Waals surface area contributed by atoms with E-state index < -0.39 is 18.1 Å². The molecule has 2 aromatic heterocycles. The first-order valence-electron chi connectivity index (χ1n) is 12.6. The summed E-state index contributed by atoms with van der Waals surface area (Å²) < 4.78 is 25.9. The number of likely N-dealkylation sites (tertiary alicyclic amines) is 1. The molecule has 0 radical (unpaired) electrons. The van der Waals surface area contributed by atoms with Crippen molar-refractivity contribution in [3.63, 3.8) is 0 Å². The number of piperidine rings is 1. The van der Waals surface area contributed by atoms with Crippen LogP contribution in [-0.2, 0) is 9.53 Å². The zero-order valence-corrected chi connectivity index (χ0v) is 21.3. The molecule has 1 aliphatic carbocycles. The summed E-state index contributed by atoms with van der Waals surface area (Å²) in [5.74, 6) is 0.674. The van der Waals surface area contributed by atoms with Crippen LogP contribution in [0.3, 0.4) is 0 Å². The molecule has 0 spiro atoms. The van der Waals surface area contributed by atoms with Gasteiger partial charge in [0.1, 0.15) is 36.1 Å². The third kappa shape index (κ3) is 5.29. The summed E-state index contributed by atoms with van der Waals surface area (Å²) in [5, 5.41) is 2.83. The van der Waals surface area contributed by atoms with E-state index in [1.54, 1.807) is 6.92 Å². The van der Waals surface area contributed by atoms with Crippen molar-refractivity contribution in [3.05, 3.63) is 41.3 Å². The number of aromatic amines is 1. The summed E-state index contributed by atoms with van der Waals surface area (Å²) >= 11 is 0. The van der Waals surface area contributed by atoms with Gasteiger partial charge < -0.3 is 24.7 Å². The second-order valence-electron chi connectivity index (χ2n) is 9.98. The number of rotatable bonds is 8. The van der Waals surface area contributed by atoms with E-state index in [1.807, 2.05) is 25.1 Å². The number of nitrogens with one attached hydrogen (secondary N) is 2. The van der Waals surface area contributed by atoms with Crippen molar-refractivity contribution in [2.24, 2.45) is 5.92 Å². The lowest BCUT2D eigenvalue weighted by Crippen LogP contribution is -2.54. The van der Waals surface area contributed by atoms with Crippen LogP contribution in [0.5, 0.6) is 5.75 Å². The molecule has 1 saturated heterocycles. The minimum absolute atomic E-state index is 0.0800. The first kappa shape index (κ1) is 25.1. The summed E-state index contributed by atoms with van der Waals surface area (Å²) in [7, 11) is 1.43. The Bertz CT molecular complexity index is 1320. The van der Waals surface area contributed by atoms with E-state index in [0.717, 1.165) is 16.9 Å². The number of carbonyl (C=O) groups is 2. The van der Waals surface area contributed by atoms with Crippen LogP contribution >= 0.6 is 0 Å². The summed E-state index contributed by atoms with van der Waals surface area (Å²) in [4.78, 5) is 39.0. The molecule has 10 heteroatoms. The van der Waals surface area contributed by atoms with E-state index in [1.165, 1.54) is 31.2 Å². The van der Waals surface area contributed by atoms with Crippen LogP contribution in [0.4, 0.5) is 4.39 Å². The van der Waals surface area contributed by atoms with Gasteiger partial charge in [0, 0.05) is 24.9 Å². The number of aromatic nitrogens is 3. The molecule has 196 valence electrons. The summed E-state index contributed by atoms with van der Waals surface area (Å²) in [5.41, 5.74) is 4.61. The van der Waals surface area contributed by atoms with Gasteiger partial charge in [0.25, 0.3) is 5.91 Å².